The van der Waals surface area contributed by atoms with Gasteiger partial charge in [0.25, 0.3) is 0 Å². The number of nitrogens with zero attached hydrogens (tertiary/aromatic N) is 2. The Hall–Kier alpha value is -0.990. The number of hydrogen-bond donors (Lipinski definition) is 1. The van der Waals surface area contributed by atoms with Crippen molar-refractivity contribution in [1.82, 2.24) is 9.55 Å². The Labute approximate surface area is 104 Å². The molecule has 0 bridgehead atoms. The lowest BCUT2D eigenvalue weighted by Gasteiger charge is -2.26. The highest BCUT2D eigenvalue weighted by Gasteiger charge is 2.24. The Morgan fingerprint density at radius 1 is 1.24 bits per heavy atom. The van der Waals surface area contributed by atoms with Crippen LogP contribution in [0.3, 0.4) is 0 Å². The van der Waals surface area contributed by atoms with Crippen molar-refractivity contribution in [3.8, 4) is 0 Å². The minimum Gasteiger partial charge on any atom is -0.353 e. The van der Waals surface area contributed by atoms with Crippen LogP contribution in [0.2, 0.25) is 0 Å². The molecule has 2 saturated carbocycles. The van der Waals surface area contributed by atoms with Crippen LogP contribution in [0.4, 0.5) is 5.95 Å². The Balaban J connectivity index is 1.58. The quantitative estimate of drug-likeness (QED) is 0.865. The van der Waals surface area contributed by atoms with E-state index < -0.39 is 0 Å². The van der Waals surface area contributed by atoms with Crippen LogP contribution in [0.1, 0.15) is 45.4 Å². The van der Waals surface area contributed by atoms with Gasteiger partial charge in [0.15, 0.2) is 0 Å². The normalized spacial score (nSPS) is 29.2. The van der Waals surface area contributed by atoms with Gasteiger partial charge in [-0.2, -0.15) is 0 Å². The third kappa shape index (κ3) is 2.82. The van der Waals surface area contributed by atoms with Crippen LogP contribution < -0.4 is 5.32 Å². The monoisotopic (exact) mass is 233 g/mol. The van der Waals surface area contributed by atoms with E-state index >= 15 is 0 Å². The smallest absolute Gasteiger partial charge is 0.202 e. The molecule has 0 unspecified atom stereocenters. The van der Waals surface area contributed by atoms with E-state index in [4.69, 9.17) is 0 Å². The average molecular weight is 233 g/mol. The third-order valence-corrected chi connectivity index (χ3v) is 4.22. The number of imidazole rings is 1. The van der Waals surface area contributed by atoms with Crippen molar-refractivity contribution in [3.63, 3.8) is 0 Å². The lowest BCUT2D eigenvalue weighted by Crippen LogP contribution is -2.19. The van der Waals surface area contributed by atoms with Gasteiger partial charge >= 0.3 is 0 Å². The molecular formula is C14H23N3. The van der Waals surface area contributed by atoms with E-state index in [1.807, 2.05) is 6.20 Å². The molecule has 17 heavy (non-hydrogen) atoms. The van der Waals surface area contributed by atoms with Gasteiger partial charge in [-0.15, -0.1) is 0 Å². The van der Waals surface area contributed by atoms with E-state index in [0.29, 0.717) is 6.04 Å². The first-order valence-corrected chi connectivity index (χ1v) is 7.09. The minimum absolute atomic E-state index is 0.697. The maximum absolute atomic E-state index is 4.43. The molecule has 0 aliphatic heterocycles. The molecule has 1 heterocycles. The first-order valence-electron chi connectivity index (χ1n) is 7.09. The highest BCUT2D eigenvalue weighted by Crippen LogP contribution is 2.30. The maximum atomic E-state index is 4.43. The molecule has 0 aromatic carbocycles. The molecule has 2 fully saturated rings. The van der Waals surface area contributed by atoms with Crippen molar-refractivity contribution >= 4 is 5.95 Å². The second kappa shape index (κ2) is 4.71. The van der Waals surface area contributed by atoms with Crippen molar-refractivity contribution in [1.29, 1.82) is 0 Å². The van der Waals surface area contributed by atoms with Gasteiger partial charge in [-0.05, 0) is 37.5 Å². The zero-order valence-electron chi connectivity index (χ0n) is 10.7. The summed E-state index contributed by atoms with van der Waals surface area (Å²) in [6.45, 7) is 3.54. The van der Waals surface area contributed by atoms with Crippen LogP contribution in [-0.4, -0.2) is 15.6 Å². The second-order valence-electron chi connectivity index (χ2n) is 5.95. The van der Waals surface area contributed by atoms with Gasteiger partial charge in [-0.3, -0.25) is 0 Å². The molecule has 94 valence electrons. The van der Waals surface area contributed by atoms with E-state index in [1.165, 1.54) is 38.5 Å². The SMILES string of the molecule is CC1CCC(Cn2ccnc2NC2CC2)CC1. The molecule has 1 aromatic heterocycles. The van der Waals surface area contributed by atoms with Crippen molar-refractivity contribution in [2.24, 2.45) is 11.8 Å². The zero-order valence-corrected chi connectivity index (χ0v) is 10.7. The lowest BCUT2D eigenvalue weighted by atomic mass is 9.83. The Bertz CT molecular complexity index is 359. The molecule has 3 nitrogen and oxygen atoms in total. The molecule has 3 rings (SSSR count). The van der Waals surface area contributed by atoms with Gasteiger partial charge in [-0.1, -0.05) is 19.8 Å². The molecule has 0 saturated heterocycles. The third-order valence-electron chi connectivity index (χ3n) is 4.22. The summed E-state index contributed by atoms with van der Waals surface area (Å²) in [5.74, 6) is 2.89. The highest BCUT2D eigenvalue weighted by molar-refractivity contribution is 5.29. The fraction of sp³-hybridized carbons (Fsp3) is 0.786. The van der Waals surface area contributed by atoms with Crippen LogP contribution >= 0.6 is 0 Å². The van der Waals surface area contributed by atoms with Crippen molar-refractivity contribution in [2.45, 2.75) is 58.0 Å². The predicted molar refractivity (Wildman–Crippen MR) is 70.0 cm³/mol. The van der Waals surface area contributed by atoms with Gasteiger partial charge in [-0.25, -0.2) is 4.98 Å². The van der Waals surface area contributed by atoms with E-state index in [0.717, 1.165) is 24.3 Å². The summed E-state index contributed by atoms with van der Waals surface area (Å²) in [5, 5.41) is 3.51. The highest BCUT2D eigenvalue weighted by atomic mass is 15.2. The number of anilines is 1. The summed E-state index contributed by atoms with van der Waals surface area (Å²) in [7, 11) is 0. The molecule has 2 aliphatic carbocycles. The summed E-state index contributed by atoms with van der Waals surface area (Å²) >= 11 is 0. The average Bonchev–Trinajstić information content (AvgIpc) is 3.03. The Morgan fingerprint density at radius 2 is 2.00 bits per heavy atom. The fourth-order valence-electron chi connectivity index (χ4n) is 2.80. The summed E-state index contributed by atoms with van der Waals surface area (Å²) < 4.78 is 2.32. The van der Waals surface area contributed by atoms with E-state index in [1.54, 1.807) is 0 Å². The molecule has 2 aliphatic rings. The summed E-state index contributed by atoms with van der Waals surface area (Å²) in [5.41, 5.74) is 0. The van der Waals surface area contributed by atoms with E-state index in [2.05, 4.69) is 28.0 Å². The molecular weight excluding hydrogens is 210 g/mol. The zero-order chi connectivity index (χ0) is 11.7. The van der Waals surface area contributed by atoms with Gasteiger partial charge in [0.05, 0.1) is 0 Å². The molecule has 1 N–H and O–H groups in total. The molecule has 1 aromatic rings. The standard InChI is InChI=1S/C14H23N3/c1-11-2-4-12(5-3-11)10-17-9-8-15-14(17)16-13-6-7-13/h8-9,11-13H,2-7,10H2,1H3,(H,15,16). The Kier molecular flexibility index (Phi) is 3.08. The predicted octanol–water partition coefficient (Wildman–Crippen LogP) is 3.28. The number of nitrogens with one attached hydrogen (secondary N) is 1. The van der Waals surface area contributed by atoms with Crippen LogP contribution in [0.5, 0.6) is 0 Å². The number of hydrogen-bond acceptors (Lipinski definition) is 2. The second-order valence-corrected chi connectivity index (χ2v) is 5.95. The topological polar surface area (TPSA) is 29.9 Å². The van der Waals surface area contributed by atoms with Gasteiger partial charge in [0.1, 0.15) is 0 Å². The number of aromatic nitrogens is 2. The molecule has 0 amide bonds. The molecule has 3 heteroatoms. The van der Waals surface area contributed by atoms with Crippen molar-refractivity contribution in [2.75, 3.05) is 5.32 Å². The Morgan fingerprint density at radius 3 is 2.71 bits per heavy atom. The maximum Gasteiger partial charge on any atom is 0.202 e. The first-order chi connectivity index (χ1) is 8.31. The first kappa shape index (κ1) is 11.1. The summed E-state index contributed by atoms with van der Waals surface area (Å²) in [4.78, 5) is 4.43. The van der Waals surface area contributed by atoms with Crippen LogP contribution in [0.25, 0.3) is 0 Å². The van der Waals surface area contributed by atoms with Gasteiger partial charge in [0, 0.05) is 25.0 Å². The molecule has 0 atom stereocenters. The fourth-order valence-corrected chi connectivity index (χ4v) is 2.80. The summed E-state index contributed by atoms with van der Waals surface area (Å²) in [6.07, 6.45) is 12.3. The minimum atomic E-state index is 0.697. The van der Waals surface area contributed by atoms with Crippen molar-refractivity contribution < 1.29 is 0 Å². The van der Waals surface area contributed by atoms with Gasteiger partial charge < -0.3 is 9.88 Å². The van der Waals surface area contributed by atoms with Crippen molar-refractivity contribution in [3.05, 3.63) is 12.4 Å². The van der Waals surface area contributed by atoms with E-state index in [9.17, 15) is 0 Å². The summed E-state index contributed by atoms with van der Waals surface area (Å²) in [6, 6.07) is 0.697. The molecule has 0 spiro atoms. The number of rotatable bonds is 4. The van der Waals surface area contributed by atoms with E-state index in [-0.39, 0.29) is 0 Å². The van der Waals surface area contributed by atoms with Crippen LogP contribution in [0.15, 0.2) is 12.4 Å². The van der Waals surface area contributed by atoms with Crippen LogP contribution in [0, 0.1) is 11.8 Å². The molecule has 0 radical (unpaired) electrons. The van der Waals surface area contributed by atoms with Gasteiger partial charge in [0.2, 0.25) is 5.95 Å². The lowest BCUT2D eigenvalue weighted by molar-refractivity contribution is 0.265. The van der Waals surface area contributed by atoms with Crippen LogP contribution in [-0.2, 0) is 6.54 Å². The largest absolute Gasteiger partial charge is 0.353 e.